The maximum atomic E-state index is 13.3. The molecule has 0 saturated carbocycles. The first-order chi connectivity index (χ1) is 12.4. The van der Waals surface area contributed by atoms with E-state index in [1.54, 1.807) is 30.3 Å². The Hall–Kier alpha value is -2.73. The molecular formula is C19H17ClFN3O2. The van der Waals surface area contributed by atoms with E-state index in [2.05, 4.69) is 15.5 Å². The number of halogens is 2. The molecule has 1 N–H and O–H groups in total. The molecule has 1 aromatic heterocycles. The Bertz CT molecular complexity index is 909. The topological polar surface area (TPSA) is 68.0 Å². The van der Waals surface area contributed by atoms with Gasteiger partial charge in [0.1, 0.15) is 11.9 Å². The van der Waals surface area contributed by atoms with Gasteiger partial charge in [-0.15, -0.1) is 0 Å². The van der Waals surface area contributed by atoms with Crippen LogP contribution in [0.4, 0.5) is 4.39 Å². The van der Waals surface area contributed by atoms with Crippen molar-refractivity contribution in [3.63, 3.8) is 0 Å². The Kier molecular flexibility index (Phi) is 5.32. The van der Waals surface area contributed by atoms with Crippen molar-refractivity contribution in [2.75, 3.05) is 0 Å². The van der Waals surface area contributed by atoms with Crippen molar-refractivity contribution in [1.82, 2.24) is 15.5 Å². The number of nitrogens with zero attached hydrogens (tertiary/aromatic N) is 2. The summed E-state index contributed by atoms with van der Waals surface area (Å²) >= 11 is 5.88. The van der Waals surface area contributed by atoms with Crippen LogP contribution in [0.25, 0.3) is 11.4 Å². The molecular weight excluding hydrogens is 357 g/mol. The van der Waals surface area contributed by atoms with Crippen LogP contribution in [-0.2, 0) is 0 Å². The fraction of sp³-hybridized carbons (Fsp3) is 0.211. The molecule has 0 radical (unpaired) electrons. The van der Waals surface area contributed by atoms with Crippen molar-refractivity contribution >= 4 is 17.5 Å². The van der Waals surface area contributed by atoms with Crippen molar-refractivity contribution in [1.29, 1.82) is 0 Å². The first-order valence-corrected chi connectivity index (χ1v) is 8.48. The molecule has 0 spiro atoms. The molecule has 1 heterocycles. The molecule has 3 rings (SSSR count). The fourth-order valence-corrected chi connectivity index (χ4v) is 2.57. The average Bonchev–Trinajstić information content (AvgIpc) is 3.09. The lowest BCUT2D eigenvalue weighted by atomic mass is 10.0. The molecule has 0 aliphatic rings. The molecule has 1 atom stereocenters. The number of aromatic nitrogens is 2. The molecule has 3 aromatic rings. The van der Waals surface area contributed by atoms with Gasteiger partial charge in [-0.05, 0) is 48.4 Å². The summed E-state index contributed by atoms with van der Waals surface area (Å²) in [5.41, 5.74) is 0.983. The predicted octanol–water partition coefficient (Wildman–Crippen LogP) is 4.66. The summed E-state index contributed by atoms with van der Waals surface area (Å²) in [4.78, 5) is 16.8. The minimum absolute atomic E-state index is 0.00831. The summed E-state index contributed by atoms with van der Waals surface area (Å²) in [5.74, 6) is -0.195. The van der Waals surface area contributed by atoms with Gasteiger partial charge in [-0.1, -0.05) is 36.7 Å². The minimum Gasteiger partial charge on any atom is -0.340 e. The van der Waals surface area contributed by atoms with E-state index in [9.17, 15) is 9.18 Å². The second-order valence-corrected chi connectivity index (χ2v) is 6.61. The third-order valence-corrected chi connectivity index (χ3v) is 4.10. The van der Waals surface area contributed by atoms with Gasteiger partial charge in [0, 0.05) is 16.1 Å². The van der Waals surface area contributed by atoms with Crippen molar-refractivity contribution in [3.05, 3.63) is 70.8 Å². The van der Waals surface area contributed by atoms with Gasteiger partial charge in [-0.25, -0.2) is 4.39 Å². The van der Waals surface area contributed by atoms with Gasteiger partial charge >= 0.3 is 0 Å². The quantitative estimate of drug-likeness (QED) is 0.706. The second kappa shape index (κ2) is 7.66. The third-order valence-electron chi connectivity index (χ3n) is 3.85. The number of hydrogen-bond acceptors (Lipinski definition) is 4. The molecule has 5 nitrogen and oxygen atoms in total. The Balaban J connectivity index is 1.82. The van der Waals surface area contributed by atoms with Gasteiger partial charge in [0.15, 0.2) is 0 Å². The van der Waals surface area contributed by atoms with E-state index in [4.69, 9.17) is 16.1 Å². The second-order valence-electron chi connectivity index (χ2n) is 6.17. The highest BCUT2D eigenvalue weighted by molar-refractivity contribution is 6.30. The van der Waals surface area contributed by atoms with Gasteiger partial charge in [0.2, 0.25) is 11.7 Å². The number of nitrogens with one attached hydrogen (secondary N) is 1. The van der Waals surface area contributed by atoms with Crippen molar-refractivity contribution in [3.8, 4) is 11.4 Å². The van der Waals surface area contributed by atoms with Crippen LogP contribution in [0, 0.1) is 11.7 Å². The van der Waals surface area contributed by atoms with Crippen molar-refractivity contribution in [2.24, 2.45) is 5.92 Å². The molecule has 134 valence electrons. The summed E-state index contributed by atoms with van der Waals surface area (Å²) in [7, 11) is 0. The van der Waals surface area contributed by atoms with Crippen LogP contribution in [0.1, 0.15) is 36.1 Å². The first kappa shape index (κ1) is 18.1. The molecule has 0 aliphatic carbocycles. The highest BCUT2D eigenvalue weighted by Crippen LogP contribution is 2.25. The fourth-order valence-electron chi connectivity index (χ4n) is 2.45. The lowest BCUT2D eigenvalue weighted by molar-refractivity contribution is 0.0913. The molecule has 2 aromatic carbocycles. The molecule has 26 heavy (non-hydrogen) atoms. The van der Waals surface area contributed by atoms with Gasteiger partial charge in [-0.2, -0.15) is 4.98 Å². The summed E-state index contributed by atoms with van der Waals surface area (Å²) < 4.78 is 18.7. The number of hydrogen-bond donors (Lipinski definition) is 1. The van der Waals surface area contributed by atoms with Crippen LogP contribution in [0.2, 0.25) is 5.02 Å². The maximum Gasteiger partial charge on any atom is 0.252 e. The Morgan fingerprint density at radius 3 is 2.58 bits per heavy atom. The van der Waals surface area contributed by atoms with Crippen LogP contribution in [-0.4, -0.2) is 16.0 Å². The number of benzene rings is 2. The van der Waals surface area contributed by atoms with Gasteiger partial charge in [-0.3, -0.25) is 4.79 Å². The van der Waals surface area contributed by atoms with E-state index in [-0.39, 0.29) is 17.4 Å². The van der Waals surface area contributed by atoms with Crippen molar-refractivity contribution < 1.29 is 13.7 Å². The predicted molar refractivity (Wildman–Crippen MR) is 96.2 cm³/mol. The standard InChI is InChI=1S/C19H17ClFN3O2/c1-11(2)16(22-18(25)13-4-3-5-15(21)10-13)19-23-17(24-26-19)12-6-8-14(20)9-7-12/h3-11,16H,1-2H3,(H,22,25). The van der Waals surface area contributed by atoms with E-state index in [1.165, 1.54) is 18.2 Å². The lowest BCUT2D eigenvalue weighted by Gasteiger charge is -2.18. The summed E-state index contributed by atoms with van der Waals surface area (Å²) in [5, 5.41) is 7.41. The number of amides is 1. The first-order valence-electron chi connectivity index (χ1n) is 8.10. The largest absolute Gasteiger partial charge is 0.340 e. The minimum atomic E-state index is -0.501. The maximum absolute atomic E-state index is 13.3. The summed E-state index contributed by atoms with van der Waals surface area (Å²) in [6, 6.07) is 12.0. The smallest absolute Gasteiger partial charge is 0.252 e. The average molecular weight is 374 g/mol. The Morgan fingerprint density at radius 2 is 1.92 bits per heavy atom. The normalized spacial score (nSPS) is 12.2. The van der Waals surface area contributed by atoms with Gasteiger partial charge < -0.3 is 9.84 Å². The number of rotatable bonds is 5. The van der Waals surface area contributed by atoms with Crippen LogP contribution < -0.4 is 5.32 Å². The molecule has 0 saturated heterocycles. The zero-order chi connectivity index (χ0) is 18.7. The third kappa shape index (κ3) is 4.08. The number of carbonyl (C=O) groups excluding carboxylic acids is 1. The van der Waals surface area contributed by atoms with E-state index in [0.717, 1.165) is 5.56 Å². The zero-order valence-corrected chi connectivity index (χ0v) is 15.0. The lowest BCUT2D eigenvalue weighted by Crippen LogP contribution is -2.32. The summed E-state index contributed by atoms with van der Waals surface area (Å²) in [6.07, 6.45) is 0. The molecule has 0 fully saturated rings. The van der Waals surface area contributed by atoms with Gasteiger partial charge in [0.25, 0.3) is 5.91 Å². The van der Waals surface area contributed by atoms with Crippen LogP contribution in [0.3, 0.4) is 0 Å². The van der Waals surface area contributed by atoms with Gasteiger partial charge in [0.05, 0.1) is 0 Å². The molecule has 7 heteroatoms. The highest BCUT2D eigenvalue weighted by Gasteiger charge is 2.25. The highest BCUT2D eigenvalue weighted by atomic mass is 35.5. The van der Waals surface area contributed by atoms with E-state index in [1.807, 2.05) is 13.8 Å². The Labute approximate surface area is 155 Å². The molecule has 1 amide bonds. The van der Waals surface area contributed by atoms with Crippen LogP contribution >= 0.6 is 11.6 Å². The van der Waals surface area contributed by atoms with Crippen molar-refractivity contribution in [2.45, 2.75) is 19.9 Å². The Morgan fingerprint density at radius 1 is 1.19 bits per heavy atom. The monoisotopic (exact) mass is 373 g/mol. The SMILES string of the molecule is CC(C)C(NC(=O)c1cccc(F)c1)c1nc(-c2ccc(Cl)cc2)no1. The number of carbonyl (C=O) groups is 1. The summed E-state index contributed by atoms with van der Waals surface area (Å²) in [6.45, 7) is 3.84. The van der Waals surface area contributed by atoms with Crippen LogP contribution in [0.5, 0.6) is 0 Å². The zero-order valence-electron chi connectivity index (χ0n) is 14.2. The van der Waals surface area contributed by atoms with E-state index in [0.29, 0.717) is 10.8 Å². The molecule has 0 aliphatic heterocycles. The van der Waals surface area contributed by atoms with E-state index >= 15 is 0 Å². The molecule has 0 bridgehead atoms. The van der Waals surface area contributed by atoms with Crippen LogP contribution in [0.15, 0.2) is 53.1 Å². The molecule has 1 unspecified atom stereocenters. The van der Waals surface area contributed by atoms with E-state index < -0.39 is 17.8 Å².